The highest BCUT2D eigenvalue weighted by Gasteiger charge is 2.32. The Morgan fingerprint density at radius 3 is 2.31 bits per heavy atom. The highest BCUT2D eigenvalue weighted by molar-refractivity contribution is 5.50. The molecule has 1 aliphatic rings. The standard InChI is InChI=1S/C24H33NO4/c1-25(13-11-17-7-9-20(27-2)10-8-17)12-5-6-18-14-19-15-22(28-3)23(29-4)16-21(19)24(18)26/h7-10,15-16,18,24,26H,5-6,11-14H2,1-4H3. The van der Waals surface area contributed by atoms with E-state index in [0.29, 0.717) is 5.75 Å². The van der Waals surface area contributed by atoms with Crippen molar-refractivity contribution in [2.75, 3.05) is 41.5 Å². The van der Waals surface area contributed by atoms with Crippen LogP contribution in [0, 0.1) is 5.92 Å². The Kier molecular flexibility index (Phi) is 7.40. The van der Waals surface area contributed by atoms with E-state index in [9.17, 15) is 5.11 Å². The van der Waals surface area contributed by atoms with Crippen molar-refractivity contribution in [1.82, 2.24) is 4.90 Å². The fourth-order valence-corrected chi connectivity index (χ4v) is 4.14. The van der Waals surface area contributed by atoms with Gasteiger partial charge in [-0.25, -0.2) is 0 Å². The van der Waals surface area contributed by atoms with Crippen molar-refractivity contribution in [3.8, 4) is 17.2 Å². The average molecular weight is 400 g/mol. The van der Waals surface area contributed by atoms with E-state index < -0.39 is 6.10 Å². The van der Waals surface area contributed by atoms with Gasteiger partial charge in [0.1, 0.15) is 5.75 Å². The summed E-state index contributed by atoms with van der Waals surface area (Å²) in [5, 5.41) is 10.8. The van der Waals surface area contributed by atoms with Crippen LogP contribution in [0.5, 0.6) is 17.2 Å². The van der Waals surface area contributed by atoms with Crippen LogP contribution < -0.4 is 14.2 Å². The van der Waals surface area contributed by atoms with Gasteiger partial charge in [-0.2, -0.15) is 0 Å². The van der Waals surface area contributed by atoms with Crippen LogP contribution in [0.25, 0.3) is 0 Å². The number of likely N-dealkylation sites (N-methyl/N-ethyl adjacent to an activating group) is 1. The molecular formula is C24H33NO4. The van der Waals surface area contributed by atoms with Crippen LogP contribution in [-0.2, 0) is 12.8 Å². The summed E-state index contributed by atoms with van der Waals surface area (Å²) in [6.07, 6.45) is 3.58. The topological polar surface area (TPSA) is 51.2 Å². The average Bonchev–Trinajstić information content (AvgIpc) is 3.06. The SMILES string of the molecule is COc1ccc(CCN(C)CCCC2Cc3cc(OC)c(OC)cc3C2O)cc1. The van der Waals surface area contributed by atoms with Crippen LogP contribution in [0.2, 0.25) is 0 Å². The zero-order valence-electron chi connectivity index (χ0n) is 18.0. The number of hydrogen-bond acceptors (Lipinski definition) is 5. The zero-order chi connectivity index (χ0) is 20.8. The van der Waals surface area contributed by atoms with Gasteiger partial charge in [-0.1, -0.05) is 12.1 Å². The minimum absolute atomic E-state index is 0.261. The predicted molar refractivity (Wildman–Crippen MR) is 115 cm³/mol. The van der Waals surface area contributed by atoms with Crippen LogP contribution in [0.1, 0.15) is 35.6 Å². The van der Waals surface area contributed by atoms with Crippen molar-refractivity contribution in [2.45, 2.75) is 31.8 Å². The highest BCUT2D eigenvalue weighted by atomic mass is 16.5. The van der Waals surface area contributed by atoms with Crippen molar-refractivity contribution < 1.29 is 19.3 Å². The van der Waals surface area contributed by atoms with Crippen molar-refractivity contribution in [1.29, 1.82) is 0 Å². The predicted octanol–water partition coefficient (Wildman–Crippen LogP) is 3.87. The largest absolute Gasteiger partial charge is 0.497 e. The highest BCUT2D eigenvalue weighted by Crippen LogP contribution is 2.43. The third kappa shape index (κ3) is 5.22. The normalized spacial score (nSPS) is 18.0. The lowest BCUT2D eigenvalue weighted by atomic mass is 9.97. The number of ether oxygens (including phenoxy) is 3. The van der Waals surface area contributed by atoms with Gasteiger partial charge < -0.3 is 24.2 Å². The Labute approximate surface area is 174 Å². The number of aliphatic hydroxyl groups is 1. The van der Waals surface area contributed by atoms with Gasteiger partial charge in [-0.05, 0) is 86.1 Å². The molecule has 2 atom stereocenters. The van der Waals surface area contributed by atoms with Gasteiger partial charge in [0.15, 0.2) is 11.5 Å². The minimum atomic E-state index is -0.422. The summed E-state index contributed by atoms with van der Waals surface area (Å²) in [6.45, 7) is 2.05. The molecule has 1 aliphatic carbocycles. The molecule has 0 aliphatic heterocycles. The van der Waals surface area contributed by atoms with Gasteiger partial charge in [0.25, 0.3) is 0 Å². The molecule has 2 aromatic rings. The van der Waals surface area contributed by atoms with Crippen molar-refractivity contribution in [2.24, 2.45) is 5.92 Å². The molecule has 5 heteroatoms. The number of fused-ring (bicyclic) bond motifs is 1. The summed E-state index contributed by atoms with van der Waals surface area (Å²) >= 11 is 0. The second kappa shape index (κ2) is 9.99. The quantitative estimate of drug-likeness (QED) is 0.657. The van der Waals surface area contributed by atoms with Gasteiger partial charge in [0.05, 0.1) is 27.4 Å². The lowest BCUT2D eigenvalue weighted by Crippen LogP contribution is -2.23. The van der Waals surface area contributed by atoms with Crippen LogP contribution in [-0.4, -0.2) is 51.5 Å². The summed E-state index contributed by atoms with van der Waals surface area (Å²) in [7, 11) is 7.13. The molecule has 0 spiro atoms. The number of nitrogens with zero attached hydrogens (tertiary/aromatic N) is 1. The zero-order valence-corrected chi connectivity index (χ0v) is 18.0. The smallest absolute Gasteiger partial charge is 0.161 e. The van der Waals surface area contributed by atoms with E-state index in [1.54, 1.807) is 21.3 Å². The number of aliphatic hydroxyl groups excluding tert-OH is 1. The molecule has 29 heavy (non-hydrogen) atoms. The molecule has 0 aromatic heterocycles. The lowest BCUT2D eigenvalue weighted by molar-refractivity contribution is 0.114. The van der Waals surface area contributed by atoms with Gasteiger partial charge in [-0.3, -0.25) is 0 Å². The summed E-state index contributed by atoms with van der Waals surface area (Å²) < 4.78 is 16.0. The van der Waals surface area contributed by atoms with E-state index in [1.165, 1.54) is 11.1 Å². The molecule has 5 nitrogen and oxygen atoms in total. The van der Waals surface area contributed by atoms with Gasteiger partial charge in [-0.15, -0.1) is 0 Å². The molecule has 3 rings (SSSR count). The molecule has 1 N–H and O–H groups in total. The molecule has 0 fully saturated rings. The van der Waals surface area contributed by atoms with Crippen molar-refractivity contribution in [3.63, 3.8) is 0 Å². The number of benzene rings is 2. The summed E-state index contributed by atoms with van der Waals surface area (Å²) in [5.74, 6) is 2.58. The molecule has 0 amide bonds. The number of rotatable bonds is 10. The van der Waals surface area contributed by atoms with Gasteiger partial charge >= 0.3 is 0 Å². The second-order valence-electron chi connectivity index (χ2n) is 7.86. The Morgan fingerprint density at radius 1 is 0.966 bits per heavy atom. The van der Waals surface area contributed by atoms with Gasteiger partial charge in [0.2, 0.25) is 0 Å². The fourth-order valence-electron chi connectivity index (χ4n) is 4.14. The molecule has 0 saturated carbocycles. The fraction of sp³-hybridized carbons (Fsp3) is 0.500. The Balaban J connectivity index is 1.45. The molecule has 0 saturated heterocycles. The summed E-state index contributed by atoms with van der Waals surface area (Å²) in [6, 6.07) is 12.2. The van der Waals surface area contributed by atoms with Crippen molar-refractivity contribution >= 4 is 0 Å². The van der Waals surface area contributed by atoms with Crippen LogP contribution >= 0.6 is 0 Å². The maximum atomic E-state index is 10.8. The number of hydrogen-bond donors (Lipinski definition) is 1. The Bertz CT molecular complexity index is 790. The first-order chi connectivity index (χ1) is 14.0. The van der Waals surface area contributed by atoms with E-state index in [4.69, 9.17) is 14.2 Å². The first-order valence-electron chi connectivity index (χ1n) is 10.3. The monoisotopic (exact) mass is 399 g/mol. The van der Waals surface area contributed by atoms with E-state index in [0.717, 1.165) is 55.8 Å². The van der Waals surface area contributed by atoms with Crippen molar-refractivity contribution in [3.05, 3.63) is 53.1 Å². The molecule has 0 radical (unpaired) electrons. The van der Waals surface area contributed by atoms with Crippen LogP contribution in [0.15, 0.2) is 36.4 Å². The molecule has 2 unspecified atom stereocenters. The van der Waals surface area contributed by atoms with E-state index in [2.05, 4.69) is 24.1 Å². The number of methoxy groups -OCH3 is 3. The maximum Gasteiger partial charge on any atom is 0.161 e. The van der Waals surface area contributed by atoms with E-state index in [1.807, 2.05) is 24.3 Å². The first-order valence-corrected chi connectivity index (χ1v) is 10.3. The maximum absolute atomic E-state index is 10.8. The molecular weight excluding hydrogens is 366 g/mol. The summed E-state index contributed by atoms with van der Waals surface area (Å²) in [5.41, 5.74) is 3.48. The molecule has 158 valence electrons. The molecule has 2 aromatic carbocycles. The van der Waals surface area contributed by atoms with E-state index in [-0.39, 0.29) is 5.92 Å². The third-order valence-corrected chi connectivity index (χ3v) is 5.95. The van der Waals surface area contributed by atoms with Crippen LogP contribution in [0.4, 0.5) is 0 Å². The molecule has 0 bridgehead atoms. The van der Waals surface area contributed by atoms with E-state index >= 15 is 0 Å². The Morgan fingerprint density at radius 2 is 1.66 bits per heavy atom. The van der Waals surface area contributed by atoms with Gasteiger partial charge in [0, 0.05) is 6.54 Å². The lowest BCUT2D eigenvalue weighted by Gasteiger charge is -2.19. The molecule has 0 heterocycles. The minimum Gasteiger partial charge on any atom is -0.497 e. The third-order valence-electron chi connectivity index (χ3n) is 5.95. The van der Waals surface area contributed by atoms with Crippen LogP contribution in [0.3, 0.4) is 0 Å². The Hall–Kier alpha value is -2.24. The summed E-state index contributed by atoms with van der Waals surface area (Å²) in [4.78, 5) is 2.37. The first kappa shape index (κ1) is 21.5. The second-order valence-corrected chi connectivity index (χ2v) is 7.86.